The molecule has 138 valence electrons. The topological polar surface area (TPSA) is 46.5 Å². The number of aliphatic hydroxyl groups is 1. The molecule has 0 bridgehead atoms. The van der Waals surface area contributed by atoms with Crippen LogP contribution in [0.1, 0.15) is 73.1 Å². The number of carbonyl (C=O) groups excluding carboxylic acids is 1. The summed E-state index contributed by atoms with van der Waals surface area (Å²) < 4.78 is 4.84. The van der Waals surface area contributed by atoms with Crippen LogP contribution in [-0.4, -0.2) is 24.3 Å². The lowest BCUT2D eigenvalue weighted by Gasteiger charge is -2.58. The number of carbonyl (C=O) groups is 1. The summed E-state index contributed by atoms with van der Waals surface area (Å²) in [5.41, 5.74) is 1.82. The van der Waals surface area contributed by atoms with Crippen LogP contribution in [-0.2, 0) is 9.53 Å². The van der Waals surface area contributed by atoms with Crippen LogP contribution in [0.4, 0.5) is 0 Å². The molecule has 0 radical (unpaired) electrons. The van der Waals surface area contributed by atoms with Gasteiger partial charge in [0.15, 0.2) is 0 Å². The maximum Gasteiger partial charge on any atom is 0.293 e. The second-order valence-electron chi connectivity index (χ2n) is 9.11. The van der Waals surface area contributed by atoms with Gasteiger partial charge in [0, 0.05) is 0 Å². The van der Waals surface area contributed by atoms with Gasteiger partial charge in [-0.3, -0.25) is 4.79 Å². The largest absolute Gasteiger partial charge is 0.468 e. The Kier molecular flexibility index (Phi) is 6.17. The van der Waals surface area contributed by atoms with Gasteiger partial charge in [-0.2, -0.15) is 0 Å². The third kappa shape index (κ3) is 3.71. The molecule has 0 aromatic carbocycles. The fourth-order valence-electron chi connectivity index (χ4n) is 5.50. The van der Waals surface area contributed by atoms with Gasteiger partial charge in [-0.15, -0.1) is 0 Å². The zero-order valence-corrected chi connectivity index (χ0v) is 16.2. The molecule has 3 heteroatoms. The Morgan fingerprint density at radius 2 is 2.08 bits per heavy atom. The number of allylic oxidation sites excluding steroid dienone is 2. The van der Waals surface area contributed by atoms with Gasteiger partial charge in [0.05, 0.1) is 12.7 Å². The fourth-order valence-corrected chi connectivity index (χ4v) is 5.50. The molecule has 0 aromatic rings. The molecule has 1 fully saturated rings. The Morgan fingerprint density at radius 3 is 2.75 bits per heavy atom. The lowest BCUT2D eigenvalue weighted by atomic mass is 9.47. The zero-order chi connectivity index (χ0) is 18.0. The third-order valence-electron chi connectivity index (χ3n) is 7.28. The number of hydrogen-bond donors (Lipinski definition) is 1. The fraction of sp³-hybridized carbons (Fsp3) is 0.857. The van der Waals surface area contributed by atoms with E-state index < -0.39 is 0 Å². The molecule has 3 nitrogen and oxygen atoms in total. The van der Waals surface area contributed by atoms with E-state index in [9.17, 15) is 9.90 Å². The van der Waals surface area contributed by atoms with Crippen LogP contribution in [0.25, 0.3) is 0 Å². The summed E-state index contributed by atoms with van der Waals surface area (Å²) in [6.45, 7) is 12.6. The molecule has 0 unspecified atom stereocenters. The van der Waals surface area contributed by atoms with Gasteiger partial charge in [-0.25, -0.2) is 0 Å². The van der Waals surface area contributed by atoms with E-state index in [1.165, 1.54) is 18.4 Å². The van der Waals surface area contributed by atoms with E-state index in [0.29, 0.717) is 36.2 Å². The van der Waals surface area contributed by atoms with E-state index in [2.05, 4.69) is 40.7 Å². The number of aliphatic hydroxyl groups excluding tert-OH is 1. The third-order valence-corrected chi connectivity index (χ3v) is 7.28. The highest BCUT2D eigenvalue weighted by molar-refractivity contribution is 5.36. The summed E-state index contributed by atoms with van der Waals surface area (Å²) in [4.78, 5) is 10.3. The highest BCUT2D eigenvalue weighted by Crippen LogP contribution is 2.60. The predicted octanol–water partition coefficient (Wildman–Crippen LogP) is 4.74. The van der Waals surface area contributed by atoms with E-state index in [0.717, 1.165) is 25.7 Å². The normalized spacial score (nSPS) is 36.4. The standard InChI is InChI=1S/C21H36O3/c1-15(11-13-24-14-22)6-8-17-16(2)7-9-18-20(3,4)19(23)10-12-21(17,18)5/h7,14-15,17-19,23H,6,8-13H2,1-5H3/t15-,17-,18-,19-,21+/m0/s1. The molecule has 2 aliphatic carbocycles. The van der Waals surface area contributed by atoms with Crippen molar-refractivity contribution in [3.8, 4) is 0 Å². The van der Waals surface area contributed by atoms with E-state index in [-0.39, 0.29) is 11.5 Å². The first-order valence-corrected chi connectivity index (χ1v) is 9.63. The van der Waals surface area contributed by atoms with Crippen LogP contribution in [0.5, 0.6) is 0 Å². The van der Waals surface area contributed by atoms with Gasteiger partial charge in [0.25, 0.3) is 6.47 Å². The predicted molar refractivity (Wildman–Crippen MR) is 97.5 cm³/mol. The van der Waals surface area contributed by atoms with Crippen molar-refractivity contribution in [3.63, 3.8) is 0 Å². The van der Waals surface area contributed by atoms with E-state index in [1.807, 2.05) is 0 Å². The zero-order valence-electron chi connectivity index (χ0n) is 16.2. The molecule has 0 spiro atoms. The Balaban J connectivity index is 2.07. The molecule has 0 heterocycles. The van der Waals surface area contributed by atoms with Crippen LogP contribution in [0, 0.1) is 28.6 Å². The minimum absolute atomic E-state index is 0.00807. The molecule has 0 amide bonds. The second kappa shape index (κ2) is 7.59. The summed E-state index contributed by atoms with van der Waals surface area (Å²) in [6.07, 6.45) is 8.71. The molecule has 5 atom stereocenters. The Labute approximate surface area is 147 Å². The lowest BCUT2D eigenvalue weighted by molar-refractivity contribution is -0.129. The SMILES string of the molecule is CC1=CC[C@H]2C(C)(C)[C@@H](O)CC[C@]2(C)[C@H]1CC[C@H](C)CCOC=O. The molecule has 1 N–H and O–H groups in total. The van der Waals surface area contributed by atoms with Crippen molar-refractivity contribution in [2.24, 2.45) is 28.6 Å². The van der Waals surface area contributed by atoms with Crippen LogP contribution >= 0.6 is 0 Å². The minimum atomic E-state index is -0.178. The van der Waals surface area contributed by atoms with Gasteiger partial charge in [-0.1, -0.05) is 39.3 Å². The molecule has 0 saturated heterocycles. The van der Waals surface area contributed by atoms with Crippen molar-refractivity contribution in [2.45, 2.75) is 79.2 Å². The van der Waals surface area contributed by atoms with E-state index in [1.54, 1.807) is 0 Å². The van der Waals surface area contributed by atoms with Crippen molar-refractivity contribution in [3.05, 3.63) is 11.6 Å². The van der Waals surface area contributed by atoms with Crippen molar-refractivity contribution in [1.29, 1.82) is 0 Å². The average Bonchev–Trinajstić information content (AvgIpc) is 2.51. The number of hydrogen-bond acceptors (Lipinski definition) is 3. The van der Waals surface area contributed by atoms with Gasteiger partial charge >= 0.3 is 0 Å². The molecule has 24 heavy (non-hydrogen) atoms. The van der Waals surface area contributed by atoms with Gasteiger partial charge < -0.3 is 9.84 Å². The van der Waals surface area contributed by atoms with Gasteiger partial charge in [0.2, 0.25) is 0 Å². The van der Waals surface area contributed by atoms with E-state index >= 15 is 0 Å². The Bertz CT molecular complexity index is 468. The summed E-state index contributed by atoms with van der Waals surface area (Å²) in [6, 6.07) is 0. The summed E-state index contributed by atoms with van der Waals surface area (Å²) >= 11 is 0. The van der Waals surface area contributed by atoms with Crippen molar-refractivity contribution in [2.75, 3.05) is 6.61 Å². The first kappa shape index (κ1) is 19.5. The highest BCUT2D eigenvalue weighted by atomic mass is 16.5. The summed E-state index contributed by atoms with van der Waals surface area (Å²) in [5, 5.41) is 10.5. The molecular weight excluding hydrogens is 300 g/mol. The van der Waals surface area contributed by atoms with Gasteiger partial charge in [0.1, 0.15) is 0 Å². The smallest absolute Gasteiger partial charge is 0.293 e. The highest BCUT2D eigenvalue weighted by Gasteiger charge is 2.54. The van der Waals surface area contributed by atoms with Crippen LogP contribution < -0.4 is 0 Å². The number of rotatable bonds is 7. The maximum absolute atomic E-state index is 10.5. The molecule has 1 saturated carbocycles. The van der Waals surface area contributed by atoms with Crippen molar-refractivity contribution < 1.29 is 14.6 Å². The summed E-state index contributed by atoms with van der Waals surface area (Å²) in [5.74, 6) is 1.73. The molecular formula is C21H36O3. The quantitative estimate of drug-likeness (QED) is 0.415. The second-order valence-corrected chi connectivity index (χ2v) is 9.11. The van der Waals surface area contributed by atoms with Crippen molar-refractivity contribution in [1.82, 2.24) is 0 Å². The Morgan fingerprint density at radius 1 is 1.38 bits per heavy atom. The van der Waals surface area contributed by atoms with Crippen LogP contribution in [0.15, 0.2) is 11.6 Å². The lowest BCUT2D eigenvalue weighted by Crippen LogP contribution is -2.54. The van der Waals surface area contributed by atoms with E-state index in [4.69, 9.17) is 4.74 Å². The van der Waals surface area contributed by atoms with Crippen molar-refractivity contribution >= 4 is 6.47 Å². The monoisotopic (exact) mass is 336 g/mol. The minimum Gasteiger partial charge on any atom is -0.468 e. The number of ether oxygens (including phenoxy) is 1. The maximum atomic E-state index is 10.5. The molecule has 0 aromatic heterocycles. The number of fused-ring (bicyclic) bond motifs is 1. The molecule has 2 rings (SSSR count). The Hall–Kier alpha value is -0.830. The van der Waals surface area contributed by atoms with Crippen LogP contribution in [0.3, 0.4) is 0 Å². The van der Waals surface area contributed by atoms with Crippen LogP contribution in [0.2, 0.25) is 0 Å². The molecule has 2 aliphatic rings. The first-order valence-electron chi connectivity index (χ1n) is 9.63. The first-order chi connectivity index (χ1) is 11.2. The van der Waals surface area contributed by atoms with Gasteiger partial charge in [-0.05, 0) is 74.0 Å². The summed E-state index contributed by atoms with van der Waals surface area (Å²) in [7, 11) is 0. The average molecular weight is 337 g/mol. The molecule has 0 aliphatic heterocycles.